The Morgan fingerprint density at radius 2 is 2.19 bits per heavy atom. The molecule has 7 heteroatoms. The molecule has 5 nitrogen and oxygen atoms in total. The third kappa shape index (κ3) is 2.13. The predicted molar refractivity (Wildman–Crippen MR) is 54.3 cm³/mol. The highest BCUT2D eigenvalue weighted by Gasteiger charge is 2.23. The maximum Gasteiger partial charge on any atom is 0.305 e. The first-order valence-corrected chi connectivity index (χ1v) is 4.41. The largest absolute Gasteiger partial charge is 0.383 e. The number of rotatable bonds is 3. The van der Waals surface area contributed by atoms with Crippen molar-refractivity contribution in [2.45, 2.75) is 6.92 Å². The highest BCUT2D eigenvalue weighted by molar-refractivity contribution is 5.98. The Balaban J connectivity index is 3.43. The monoisotopic (exact) mass is 229 g/mol. The number of amidine groups is 1. The van der Waals surface area contributed by atoms with Crippen molar-refractivity contribution < 1.29 is 13.7 Å². The van der Waals surface area contributed by atoms with Crippen molar-refractivity contribution in [1.29, 1.82) is 0 Å². The van der Waals surface area contributed by atoms with Gasteiger partial charge in [-0.25, -0.2) is 4.39 Å². The van der Waals surface area contributed by atoms with Crippen LogP contribution in [0.3, 0.4) is 0 Å². The molecular formula is C9H9F2N3O2. The van der Waals surface area contributed by atoms with Crippen LogP contribution in [0.25, 0.3) is 0 Å². The second-order valence-electron chi connectivity index (χ2n) is 2.87. The van der Waals surface area contributed by atoms with Crippen LogP contribution in [0.15, 0.2) is 17.1 Å². The maximum absolute atomic E-state index is 13.5. The van der Waals surface area contributed by atoms with E-state index in [-0.39, 0.29) is 12.4 Å². The van der Waals surface area contributed by atoms with E-state index in [1.165, 1.54) is 0 Å². The van der Waals surface area contributed by atoms with Crippen LogP contribution in [-0.2, 0) is 0 Å². The minimum atomic E-state index is -1.31. The van der Waals surface area contributed by atoms with Crippen molar-refractivity contribution in [2.24, 2.45) is 10.7 Å². The summed E-state index contributed by atoms with van der Waals surface area (Å²) in [6, 6.07) is 1.53. The number of halogens is 2. The van der Waals surface area contributed by atoms with Crippen LogP contribution in [0.2, 0.25) is 0 Å². The van der Waals surface area contributed by atoms with Crippen LogP contribution in [0.1, 0.15) is 12.5 Å². The number of nitro benzene ring substituents is 1. The SMILES string of the molecule is CCN=C(N)c1c(F)ccc([N+](=O)[O-])c1F. The van der Waals surface area contributed by atoms with E-state index in [0.717, 1.165) is 12.1 Å². The maximum atomic E-state index is 13.5. The Morgan fingerprint density at radius 3 is 2.69 bits per heavy atom. The molecular weight excluding hydrogens is 220 g/mol. The molecule has 1 aromatic carbocycles. The molecule has 0 aromatic heterocycles. The Kier molecular flexibility index (Phi) is 3.49. The van der Waals surface area contributed by atoms with Gasteiger partial charge >= 0.3 is 5.69 Å². The summed E-state index contributed by atoms with van der Waals surface area (Å²) in [6.45, 7) is 1.85. The number of benzene rings is 1. The van der Waals surface area contributed by atoms with Gasteiger partial charge in [0.2, 0.25) is 5.82 Å². The van der Waals surface area contributed by atoms with Gasteiger partial charge in [-0.1, -0.05) is 0 Å². The average molecular weight is 229 g/mol. The molecule has 1 aromatic rings. The topological polar surface area (TPSA) is 81.5 Å². The first kappa shape index (κ1) is 12.0. The highest BCUT2D eigenvalue weighted by Crippen LogP contribution is 2.22. The van der Waals surface area contributed by atoms with Crippen molar-refractivity contribution in [2.75, 3.05) is 6.54 Å². The van der Waals surface area contributed by atoms with Crippen molar-refractivity contribution in [3.8, 4) is 0 Å². The number of nitrogens with zero attached hydrogens (tertiary/aromatic N) is 2. The molecule has 0 amide bonds. The van der Waals surface area contributed by atoms with Gasteiger partial charge in [-0.2, -0.15) is 4.39 Å². The van der Waals surface area contributed by atoms with Gasteiger partial charge in [0.1, 0.15) is 11.7 Å². The Morgan fingerprint density at radius 1 is 1.56 bits per heavy atom. The lowest BCUT2D eigenvalue weighted by molar-refractivity contribution is -0.387. The number of nitro groups is 1. The third-order valence-corrected chi connectivity index (χ3v) is 1.85. The number of hydrogen-bond acceptors (Lipinski definition) is 3. The van der Waals surface area contributed by atoms with Crippen LogP contribution >= 0.6 is 0 Å². The molecule has 1 rings (SSSR count). The molecule has 0 saturated carbocycles. The summed E-state index contributed by atoms with van der Waals surface area (Å²) in [5.74, 6) is -2.67. The number of aliphatic imine (C=N–C) groups is 1. The molecule has 0 spiro atoms. The second kappa shape index (κ2) is 4.65. The predicted octanol–water partition coefficient (Wildman–Crippen LogP) is 1.60. The summed E-state index contributed by atoms with van der Waals surface area (Å²) in [4.78, 5) is 13.1. The van der Waals surface area contributed by atoms with Crippen LogP contribution in [0, 0.1) is 21.7 Å². The lowest BCUT2D eigenvalue weighted by Crippen LogP contribution is -2.18. The standard InChI is InChI=1S/C9H9F2N3O2/c1-2-13-9(12)7-5(10)3-4-6(8(7)11)14(15)16/h3-4H,2H2,1H3,(H2,12,13). The minimum absolute atomic E-state index is 0.230. The molecule has 0 heterocycles. The Bertz CT molecular complexity index is 460. The molecule has 0 aliphatic heterocycles. The van der Waals surface area contributed by atoms with Gasteiger partial charge < -0.3 is 5.73 Å². The van der Waals surface area contributed by atoms with Gasteiger partial charge in [0.25, 0.3) is 0 Å². The molecule has 0 fully saturated rings. The lowest BCUT2D eigenvalue weighted by Gasteiger charge is -2.04. The summed E-state index contributed by atoms with van der Waals surface area (Å²) in [5.41, 5.74) is 3.84. The Hall–Kier alpha value is -2.05. The van der Waals surface area contributed by atoms with E-state index in [4.69, 9.17) is 5.73 Å². The molecule has 0 aliphatic carbocycles. The molecule has 0 unspecified atom stereocenters. The van der Waals surface area contributed by atoms with Crippen molar-refractivity contribution in [1.82, 2.24) is 0 Å². The summed E-state index contributed by atoms with van der Waals surface area (Å²) in [6.07, 6.45) is 0. The third-order valence-electron chi connectivity index (χ3n) is 1.85. The van der Waals surface area contributed by atoms with E-state index in [1.54, 1.807) is 6.92 Å². The van der Waals surface area contributed by atoms with Crippen molar-refractivity contribution >= 4 is 11.5 Å². The fourth-order valence-corrected chi connectivity index (χ4v) is 1.17. The van der Waals surface area contributed by atoms with E-state index >= 15 is 0 Å². The molecule has 0 atom stereocenters. The zero-order valence-electron chi connectivity index (χ0n) is 8.41. The fraction of sp³-hybridized carbons (Fsp3) is 0.222. The van der Waals surface area contributed by atoms with Crippen molar-refractivity contribution in [3.05, 3.63) is 39.4 Å². The van der Waals surface area contributed by atoms with Crippen molar-refractivity contribution in [3.63, 3.8) is 0 Å². The van der Waals surface area contributed by atoms with Crippen LogP contribution in [0.5, 0.6) is 0 Å². The van der Waals surface area contributed by atoms with E-state index in [1.807, 2.05) is 0 Å². The van der Waals surface area contributed by atoms with Gasteiger partial charge in [0.15, 0.2) is 0 Å². The normalized spacial score (nSPS) is 11.6. The number of hydrogen-bond donors (Lipinski definition) is 1. The van der Waals surface area contributed by atoms with Gasteiger partial charge in [-0.05, 0) is 13.0 Å². The van der Waals surface area contributed by atoms with Crippen LogP contribution in [-0.4, -0.2) is 17.3 Å². The zero-order valence-corrected chi connectivity index (χ0v) is 8.41. The summed E-state index contributed by atoms with van der Waals surface area (Å²) in [5, 5.41) is 10.4. The van der Waals surface area contributed by atoms with E-state index in [2.05, 4.69) is 4.99 Å². The highest BCUT2D eigenvalue weighted by atomic mass is 19.1. The molecule has 0 radical (unpaired) electrons. The van der Waals surface area contributed by atoms with Gasteiger partial charge in [0, 0.05) is 12.6 Å². The summed E-state index contributed by atoms with van der Waals surface area (Å²) < 4.78 is 26.8. The van der Waals surface area contributed by atoms with Gasteiger partial charge in [-0.15, -0.1) is 0 Å². The minimum Gasteiger partial charge on any atom is -0.383 e. The quantitative estimate of drug-likeness (QED) is 0.370. The summed E-state index contributed by atoms with van der Waals surface area (Å²) >= 11 is 0. The molecule has 86 valence electrons. The first-order valence-electron chi connectivity index (χ1n) is 4.41. The average Bonchev–Trinajstić information content (AvgIpc) is 2.17. The smallest absolute Gasteiger partial charge is 0.305 e. The van der Waals surface area contributed by atoms with E-state index < -0.39 is 27.8 Å². The van der Waals surface area contributed by atoms with E-state index in [0.29, 0.717) is 0 Å². The zero-order chi connectivity index (χ0) is 12.3. The van der Waals surface area contributed by atoms with E-state index in [9.17, 15) is 18.9 Å². The lowest BCUT2D eigenvalue weighted by atomic mass is 10.1. The van der Waals surface area contributed by atoms with Crippen LogP contribution in [0.4, 0.5) is 14.5 Å². The molecule has 16 heavy (non-hydrogen) atoms. The summed E-state index contributed by atoms with van der Waals surface area (Å²) in [7, 11) is 0. The van der Waals surface area contributed by atoms with Gasteiger partial charge in [-0.3, -0.25) is 15.1 Å². The molecule has 2 N–H and O–H groups in total. The molecule has 0 aliphatic rings. The second-order valence-corrected chi connectivity index (χ2v) is 2.87. The first-order chi connectivity index (χ1) is 7.49. The van der Waals surface area contributed by atoms with Gasteiger partial charge in [0.05, 0.1) is 10.5 Å². The fourth-order valence-electron chi connectivity index (χ4n) is 1.17. The molecule has 0 saturated heterocycles. The molecule has 0 bridgehead atoms. The van der Waals surface area contributed by atoms with Crippen LogP contribution < -0.4 is 5.73 Å². The Labute approximate surface area is 89.7 Å². The number of nitrogens with two attached hydrogens (primary N) is 1.